The second-order valence-corrected chi connectivity index (χ2v) is 6.09. The molecule has 0 saturated carbocycles. The highest BCUT2D eigenvalue weighted by Gasteiger charge is 2.11. The zero-order chi connectivity index (χ0) is 22.1. The van der Waals surface area contributed by atoms with Gasteiger partial charge in [0.2, 0.25) is 5.88 Å². The molecule has 0 atom stereocenters. The molecule has 2 heterocycles. The van der Waals surface area contributed by atoms with Gasteiger partial charge < -0.3 is 26.2 Å². The van der Waals surface area contributed by atoms with Gasteiger partial charge in [-0.2, -0.15) is 0 Å². The van der Waals surface area contributed by atoms with Crippen LogP contribution >= 0.6 is 0 Å². The van der Waals surface area contributed by atoms with Crippen LogP contribution in [0.3, 0.4) is 0 Å². The van der Waals surface area contributed by atoms with Crippen LogP contribution in [-0.4, -0.2) is 39.2 Å². The Morgan fingerprint density at radius 2 is 2.06 bits per heavy atom. The van der Waals surface area contributed by atoms with Crippen molar-refractivity contribution in [3.05, 3.63) is 66.0 Å². The largest absolute Gasteiger partial charge is 0.463 e. The topological polar surface area (TPSA) is 135 Å². The summed E-state index contributed by atoms with van der Waals surface area (Å²) in [4.78, 5) is 24.3. The number of nitrogen functional groups attached to an aromatic ring is 1. The summed E-state index contributed by atoms with van der Waals surface area (Å²) < 4.78 is 19.4. The Morgan fingerprint density at radius 3 is 2.81 bits per heavy atom. The van der Waals surface area contributed by atoms with Gasteiger partial charge in [-0.1, -0.05) is 11.8 Å². The van der Waals surface area contributed by atoms with Gasteiger partial charge in [-0.05, 0) is 30.3 Å². The third-order valence-electron chi connectivity index (χ3n) is 3.97. The molecule has 0 spiro atoms. The number of rotatable bonds is 7. The lowest BCUT2D eigenvalue weighted by atomic mass is 10.1. The maximum atomic E-state index is 14.2. The number of hydrogen-bond donors (Lipinski definition) is 4. The molecular weight excluding hydrogens is 403 g/mol. The first-order valence-corrected chi connectivity index (χ1v) is 9.12. The predicted molar refractivity (Wildman–Crippen MR) is 113 cm³/mol. The number of nitrogens with two attached hydrogens (primary N) is 1. The third-order valence-corrected chi connectivity index (χ3v) is 3.97. The van der Waals surface area contributed by atoms with Gasteiger partial charge in [0.15, 0.2) is 6.61 Å². The lowest BCUT2D eigenvalue weighted by Gasteiger charge is -2.11. The molecule has 31 heavy (non-hydrogen) atoms. The average molecular weight is 422 g/mol. The van der Waals surface area contributed by atoms with E-state index in [-0.39, 0.29) is 31.3 Å². The van der Waals surface area contributed by atoms with E-state index < -0.39 is 11.7 Å². The van der Waals surface area contributed by atoms with Gasteiger partial charge in [-0.15, -0.1) is 0 Å². The number of carbonyl (C=O) groups excluding carboxylic acids is 1. The van der Waals surface area contributed by atoms with Crippen LogP contribution in [-0.2, 0) is 6.54 Å². The van der Waals surface area contributed by atoms with Crippen LogP contribution < -0.4 is 21.1 Å². The molecule has 9 nitrogen and oxygen atoms in total. The fourth-order valence-corrected chi connectivity index (χ4v) is 2.47. The van der Waals surface area contributed by atoms with Crippen LogP contribution in [0.2, 0.25) is 0 Å². The Kier molecular flexibility index (Phi) is 7.29. The summed E-state index contributed by atoms with van der Waals surface area (Å²) in [6.07, 6.45) is 4.10. The molecule has 3 rings (SSSR count). The number of amides is 1. The summed E-state index contributed by atoms with van der Waals surface area (Å²) in [6, 6.07) is 7.66. The van der Waals surface area contributed by atoms with Crippen molar-refractivity contribution in [2.75, 3.05) is 29.6 Å². The molecule has 0 bridgehead atoms. The van der Waals surface area contributed by atoms with Gasteiger partial charge in [0.1, 0.15) is 23.9 Å². The number of aromatic nitrogens is 3. The average Bonchev–Trinajstić information content (AvgIpc) is 2.78. The van der Waals surface area contributed by atoms with Crippen molar-refractivity contribution in [3.63, 3.8) is 0 Å². The molecule has 1 aromatic carbocycles. The van der Waals surface area contributed by atoms with Crippen LogP contribution in [0.1, 0.15) is 16.1 Å². The highest BCUT2D eigenvalue weighted by molar-refractivity contribution is 6.02. The van der Waals surface area contributed by atoms with Crippen LogP contribution in [0.25, 0.3) is 0 Å². The third kappa shape index (κ3) is 6.12. The second kappa shape index (κ2) is 10.5. The first kappa shape index (κ1) is 21.5. The van der Waals surface area contributed by atoms with E-state index in [1.165, 1.54) is 30.6 Å². The summed E-state index contributed by atoms with van der Waals surface area (Å²) >= 11 is 0. The maximum Gasteiger partial charge on any atom is 0.275 e. The number of halogens is 1. The first-order valence-electron chi connectivity index (χ1n) is 9.12. The number of aliphatic hydroxyl groups excluding tert-OH is 1. The lowest BCUT2D eigenvalue weighted by molar-refractivity contribution is 0.102. The number of carbonyl (C=O) groups is 1. The number of benzene rings is 1. The number of hydrogen-bond acceptors (Lipinski definition) is 8. The second-order valence-electron chi connectivity index (χ2n) is 6.09. The summed E-state index contributed by atoms with van der Waals surface area (Å²) in [5, 5.41) is 14.2. The van der Waals surface area contributed by atoms with Crippen molar-refractivity contribution in [1.82, 2.24) is 15.0 Å². The molecule has 0 aliphatic carbocycles. The minimum Gasteiger partial charge on any atom is -0.463 e. The number of aliphatic hydroxyl groups is 1. The van der Waals surface area contributed by atoms with Crippen LogP contribution in [0.5, 0.6) is 5.88 Å². The van der Waals surface area contributed by atoms with Crippen LogP contribution in [0.4, 0.5) is 21.6 Å². The zero-order valence-electron chi connectivity index (χ0n) is 16.3. The van der Waals surface area contributed by atoms with Crippen molar-refractivity contribution in [1.29, 1.82) is 0 Å². The van der Waals surface area contributed by atoms with E-state index in [9.17, 15) is 9.18 Å². The molecule has 0 saturated heterocycles. The number of ether oxygens (including phenoxy) is 1. The molecule has 2 aromatic heterocycles. The molecule has 10 heteroatoms. The summed E-state index contributed by atoms with van der Waals surface area (Å²) in [7, 11) is 0. The molecule has 0 unspecified atom stereocenters. The Balaban J connectivity index is 1.62. The monoisotopic (exact) mass is 422 g/mol. The molecule has 0 radical (unpaired) electrons. The van der Waals surface area contributed by atoms with Gasteiger partial charge in [0, 0.05) is 24.0 Å². The Hall–Kier alpha value is -4.23. The molecule has 3 aromatic rings. The van der Waals surface area contributed by atoms with E-state index >= 15 is 0 Å². The lowest BCUT2D eigenvalue weighted by Crippen LogP contribution is -2.15. The number of nitrogens with one attached hydrogen (secondary N) is 2. The summed E-state index contributed by atoms with van der Waals surface area (Å²) in [5.74, 6) is 4.55. The summed E-state index contributed by atoms with van der Waals surface area (Å²) in [5.41, 5.74) is 7.13. The fraction of sp³-hybridized carbons (Fsp3) is 0.143. The molecule has 5 N–H and O–H groups in total. The molecule has 0 aliphatic heterocycles. The van der Waals surface area contributed by atoms with Crippen LogP contribution in [0.15, 0.2) is 48.9 Å². The SMILES string of the molecule is Nc1ncccc1NCc1cc(NC(=O)c2cnc(OCC#CCO)cn2)ccc1F. The molecular formula is C21H19FN6O3. The van der Waals surface area contributed by atoms with Crippen molar-refractivity contribution in [2.24, 2.45) is 0 Å². The Morgan fingerprint density at radius 1 is 1.19 bits per heavy atom. The number of nitrogens with zero attached hydrogens (tertiary/aromatic N) is 3. The highest BCUT2D eigenvalue weighted by atomic mass is 19.1. The van der Waals surface area contributed by atoms with E-state index in [4.69, 9.17) is 15.6 Å². The fourth-order valence-electron chi connectivity index (χ4n) is 2.47. The smallest absolute Gasteiger partial charge is 0.275 e. The highest BCUT2D eigenvalue weighted by Crippen LogP contribution is 2.19. The van der Waals surface area contributed by atoms with E-state index in [2.05, 4.69) is 37.4 Å². The van der Waals surface area contributed by atoms with Crippen molar-refractivity contribution >= 4 is 23.1 Å². The van der Waals surface area contributed by atoms with Crippen LogP contribution in [0, 0.1) is 17.7 Å². The predicted octanol–water partition coefficient (Wildman–Crippen LogP) is 1.83. The normalized spacial score (nSPS) is 10.0. The molecule has 1 amide bonds. The van der Waals surface area contributed by atoms with Crippen molar-refractivity contribution < 1.29 is 19.0 Å². The van der Waals surface area contributed by atoms with E-state index in [0.717, 1.165) is 0 Å². The van der Waals surface area contributed by atoms with Gasteiger partial charge >= 0.3 is 0 Å². The Bertz CT molecular complexity index is 1110. The maximum absolute atomic E-state index is 14.2. The van der Waals surface area contributed by atoms with E-state index in [1.54, 1.807) is 18.3 Å². The molecule has 158 valence electrons. The molecule has 0 aliphatic rings. The van der Waals surface area contributed by atoms with Crippen molar-refractivity contribution in [2.45, 2.75) is 6.54 Å². The van der Waals surface area contributed by atoms with Gasteiger partial charge in [-0.25, -0.2) is 19.3 Å². The van der Waals surface area contributed by atoms with Crippen molar-refractivity contribution in [3.8, 4) is 17.7 Å². The van der Waals surface area contributed by atoms with E-state index in [0.29, 0.717) is 22.8 Å². The minimum atomic E-state index is -0.513. The molecule has 0 fully saturated rings. The van der Waals surface area contributed by atoms with Gasteiger partial charge in [-0.3, -0.25) is 4.79 Å². The van der Waals surface area contributed by atoms with Gasteiger partial charge in [0.05, 0.1) is 18.1 Å². The zero-order valence-corrected chi connectivity index (χ0v) is 16.3. The first-order chi connectivity index (χ1) is 15.1. The number of anilines is 3. The van der Waals surface area contributed by atoms with Gasteiger partial charge in [0.25, 0.3) is 5.91 Å². The summed E-state index contributed by atoms with van der Waals surface area (Å²) in [6.45, 7) is -0.0683. The quantitative estimate of drug-likeness (QED) is 0.424. The Labute approximate surface area is 177 Å². The standard InChI is InChI=1S/C21H19FN6O3/c22-16-6-5-15(10-14(16)11-25-17-4-3-7-24-20(17)23)28-21(30)18-12-27-19(13-26-18)31-9-2-1-8-29/h3-7,10,12-13,25,29H,8-9,11H2,(H2,23,24)(H,28,30). The minimum absolute atomic E-state index is 0.0396. The van der Waals surface area contributed by atoms with E-state index in [1.807, 2.05) is 0 Å². The number of pyridine rings is 1.